The van der Waals surface area contributed by atoms with Gasteiger partial charge in [-0.3, -0.25) is 4.55 Å². The van der Waals surface area contributed by atoms with Gasteiger partial charge in [-0.2, -0.15) is 8.42 Å². The molecule has 3 heterocycles. The maximum atomic E-state index is 11.7. The fourth-order valence-electron chi connectivity index (χ4n) is 8.69. The van der Waals surface area contributed by atoms with Gasteiger partial charge in [0.05, 0.1) is 29.9 Å². The zero-order valence-corrected chi connectivity index (χ0v) is 38.0. The van der Waals surface area contributed by atoms with Gasteiger partial charge in [-0.1, -0.05) is 88.9 Å². The van der Waals surface area contributed by atoms with Crippen LogP contribution in [0.1, 0.15) is 122 Å². The highest BCUT2D eigenvalue weighted by Crippen LogP contribution is 2.50. The number of nitrogens with zero attached hydrogens (tertiary/aromatic N) is 3. The number of anilines is 1. The number of ether oxygens (including phenoxy) is 1. The third-order valence-corrected chi connectivity index (χ3v) is 13.7. The van der Waals surface area contributed by atoms with Crippen molar-refractivity contribution >= 4 is 43.8 Å². The molecule has 4 N–H and O–H groups in total. The topological polar surface area (TPSA) is 144 Å². The van der Waals surface area contributed by atoms with E-state index in [1.165, 1.54) is 16.7 Å². The van der Waals surface area contributed by atoms with Crippen molar-refractivity contribution in [2.24, 2.45) is 4.99 Å². The van der Waals surface area contributed by atoms with Gasteiger partial charge in [-0.25, -0.2) is 4.57 Å². The Morgan fingerprint density at radius 2 is 1.63 bits per heavy atom. The van der Waals surface area contributed by atoms with Crippen molar-refractivity contribution in [3.05, 3.63) is 118 Å². The molecule has 1 aromatic heterocycles. The van der Waals surface area contributed by atoms with Crippen LogP contribution in [0.15, 0.2) is 106 Å². The molecule has 0 bridgehead atoms. The fourth-order valence-corrected chi connectivity index (χ4v) is 9.73. The lowest BCUT2D eigenvalue weighted by molar-refractivity contribution is -0.686. The van der Waals surface area contributed by atoms with Crippen LogP contribution in [0.25, 0.3) is 5.57 Å². The molecule has 0 saturated heterocycles. The Morgan fingerprint density at radius 1 is 0.867 bits per heavy atom. The molecule has 10 nitrogen and oxygen atoms in total. The molecule has 12 heteroatoms. The molecule has 3 aromatic rings. The maximum Gasteiger partial charge on any atom is 0.327 e. The van der Waals surface area contributed by atoms with Gasteiger partial charge in [0, 0.05) is 23.3 Å². The number of aryl methyl sites for hydroxylation is 2. The highest BCUT2D eigenvalue weighted by atomic mass is 32.3. The monoisotopic (exact) mass is 858 g/mol. The number of hydrogen-bond acceptors (Lipinski definition) is 8. The molecule has 0 unspecified atom stereocenters. The first kappa shape index (κ1) is 45.5. The van der Waals surface area contributed by atoms with E-state index in [4.69, 9.17) is 9.73 Å². The Morgan fingerprint density at radius 3 is 2.35 bits per heavy atom. The van der Waals surface area contributed by atoms with Crippen LogP contribution in [-0.2, 0) is 27.5 Å². The number of benzene rings is 2. The van der Waals surface area contributed by atoms with E-state index in [2.05, 4.69) is 114 Å². The Balaban J connectivity index is 1.45. The van der Waals surface area contributed by atoms with Gasteiger partial charge >= 0.3 is 5.82 Å². The van der Waals surface area contributed by atoms with Gasteiger partial charge in [0.25, 0.3) is 10.1 Å². The number of aromatic nitrogens is 1. The molecule has 6 rings (SSSR count). The first-order valence-corrected chi connectivity index (χ1v) is 24.5. The average molecular weight is 859 g/mol. The molecule has 0 spiro atoms. The van der Waals surface area contributed by atoms with Gasteiger partial charge in [-0.05, 0) is 129 Å². The first-order chi connectivity index (χ1) is 28.3. The minimum Gasteiger partial charge on any atom is -0.494 e. The smallest absolute Gasteiger partial charge is 0.327 e. The van der Waals surface area contributed by atoms with Crippen molar-refractivity contribution in [2.75, 3.05) is 23.8 Å². The van der Waals surface area contributed by atoms with Crippen molar-refractivity contribution in [3.8, 4) is 5.75 Å². The molecule has 2 aliphatic heterocycles. The summed E-state index contributed by atoms with van der Waals surface area (Å²) in [5.41, 5.74) is 9.75. The fraction of sp³-hybridized carbons (Fsp3) is 0.458. The number of aliphatic imine (C=N–C) groups is 1. The van der Waals surface area contributed by atoms with E-state index in [0.29, 0.717) is 19.7 Å². The van der Waals surface area contributed by atoms with Crippen LogP contribution < -0.4 is 14.2 Å². The molecule has 0 fully saturated rings. The van der Waals surface area contributed by atoms with Crippen LogP contribution in [0.4, 0.5) is 11.5 Å². The summed E-state index contributed by atoms with van der Waals surface area (Å²) in [4.78, 5) is 7.45. The van der Waals surface area contributed by atoms with E-state index in [1.54, 1.807) is 12.3 Å². The molecule has 0 amide bonds. The SMILES string of the molecule is CCCCCOc1cccc(C2=C(/C=C/C3=Nc4c(cc(S(O)(O)O)c[n+]4CCCC)C3(C)C)CCC/C2=C\C=C2\N(CCCS(=O)(=O)O)c3ccc(C)cc3C2(C)C)c1. The second-order valence-electron chi connectivity index (χ2n) is 17.5. The molecular weight excluding hydrogens is 795 g/mol. The summed E-state index contributed by atoms with van der Waals surface area (Å²) in [6.07, 6.45) is 18.3. The molecule has 3 aliphatic rings. The number of hydrogen-bond donors (Lipinski definition) is 4. The lowest BCUT2D eigenvalue weighted by Crippen LogP contribution is -2.36. The Bertz CT molecular complexity index is 2350. The molecule has 0 saturated carbocycles. The van der Waals surface area contributed by atoms with E-state index in [9.17, 15) is 26.6 Å². The lowest BCUT2D eigenvalue weighted by Gasteiger charge is -2.27. The quantitative estimate of drug-likeness (QED) is 0.0597. The lowest BCUT2D eigenvalue weighted by atomic mass is 9.80. The van der Waals surface area contributed by atoms with E-state index < -0.39 is 26.4 Å². The van der Waals surface area contributed by atoms with Gasteiger partial charge in [0.2, 0.25) is 0 Å². The normalized spacial score (nSPS) is 19.1. The van der Waals surface area contributed by atoms with Gasteiger partial charge in [0.1, 0.15) is 27.7 Å². The summed E-state index contributed by atoms with van der Waals surface area (Å²) in [6.45, 7) is 16.7. The Hall–Kier alpha value is -4.04. The average Bonchev–Trinajstić information content (AvgIpc) is 3.56. The molecule has 60 heavy (non-hydrogen) atoms. The van der Waals surface area contributed by atoms with Crippen LogP contribution in [-0.4, -0.2) is 51.2 Å². The predicted molar refractivity (Wildman–Crippen MR) is 246 cm³/mol. The summed E-state index contributed by atoms with van der Waals surface area (Å²) in [7, 11) is -8.03. The summed E-state index contributed by atoms with van der Waals surface area (Å²) >= 11 is 0. The van der Waals surface area contributed by atoms with Crippen molar-refractivity contribution in [2.45, 2.75) is 129 Å². The van der Waals surface area contributed by atoms with E-state index in [-0.39, 0.29) is 22.5 Å². The van der Waals surface area contributed by atoms with Gasteiger partial charge in [-0.15, -0.1) is 0 Å². The zero-order chi connectivity index (χ0) is 43.5. The Kier molecular flexibility index (Phi) is 14.0. The predicted octanol–water partition coefficient (Wildman–Crippen LogP) is 11.7. The number of pyridine rings is 1. The summed E-state index contributed by atoms with van der Waals surface area (Å²) in [5.74, 6) is 1.28. The summed E-state index contributed by atoms with van der Waals surface area (Å²) < 4.78 is 72.1. The van der Waals surface area contributed by atoms with Crippen LogP contribution in [0.2, 0.25) is 0 Å². The van der Waals surface area contributed by atoms with E-state index in [1.807, 2.05) is 10.6 Å². The largest absolute Gasteiger partial charge is 0.494 e. The Labute approximate surface area is 359 Å². The zero-order valence-electron chi connectivity index (χ0n) is 36.4. The maximum absolute atomic E-state index is 11.7. The minimum absolute atomic E-state index is 0.0875. The van der Waals surface area contributed by atoms with Crippen molar-refractivity contribution in [1.82, 2.24) is 0 Å². The van der Waals surface area contributed by atoms with Gasteiger partial charge in [0.15, 0.2) is 5.71 Å². The first-order valence-electron chi connectivity index (χ1n) is 21.4. The van der Waals surface area contributed by atoms with E-state index in [0.717, 1.165) is 102 Å². The van der Waals surface area contributed by atoms with Crippen LogP contribution in [0, 0.1) is 6.92 Å². The highest BCUT2D eigenvalue weighted by molar-refractivity contribution is 8.19. The highest BCUT2D eigenvalue weighted by Gasteiger charge is 2.44. The molecular formula is C48H64N3O7S2+. The van der Waals surface area contributed by atoms with E-state index >= 15 is 0 Å². The van der Waals surface area contributed by atoms with Crippen LogP contribution >= 0.6 is 10.9 Å². The standard InChI is InChI=1S/C48H63N3O7S2/c1-8-10-12-28-58-38-19-14-18-37(31-38)45-35(21-24-43-47(4,5)41-32-39(60(55,56)57)33-50(26-11-9-2)46(41)49-43)16-13-17-36(45)22-25-44-48(6,7)40-30-34(3)20-23-42(40)51(44)27-15-29-59(52,53)54/h14,18-25,30-33H,8-13,15-17,26-29H2,1-7H3,(H3-,52,53,54,55,56,57)/p+1. The second kappa shape index (κ2) is 18.5. The number of rotatable bonds is 17. The molecule has 0 radical (unpaired) electrons. The number of fused-ring (bicyclic) bond motifs is 2. The molecule has 324 valence electrons. The number of unbranched alkanes of at least 4 members (excludes halogenated alkanes) is 3. The summed E-state index contributed by atoms with van der Waals surface area (Å²) in [5, 5.41) is 0. The van der Waals surface area contributed by atoms with Crippen LogP contribution in [0.5, 0.6) is 5.75 Å². The second-order valence-corrected chi connectivity index (χ2v) is 20.5. The van der Waals surface area contributed by atoms with Crippen molar-refractivity contribution in [1.29, 1.82) is 0 Å². The third-order valence-electron chi connectivity index (χ3n) is 12.1. The molecule has 0 atom stereocenters. The van der Waals surface area contributed by atoms with Crippen LogP contribution in [0.3, 0.4) is 0 Å². The minimum atomic E-state index is -4.10. The van der Waals surface area contributed by atoms with Crippen molar-refractivity contribution in [3.63, 3.8) is 0 Å². The summed E-state index contributed by atoms with van der Waals surface area (Å²) in [6, 6.07) is 16.4. The third kappa shape index (κ3) is 10.2. The molecule has 1 aliphatic carbocycles. The number of allylic oxidation sites excluding steroid dienone is 8. The molecule has 2 aromatic carbocycles. The van der Waals surface area contributed by atoms with Crippen molar-refractivity contribution < 1.29 is 35.9 Å². The van der Waals surface area contributed by atoms with Gasteiger partial charge < -0.3 is 23.3 Å².